The smallest absolute Gasteiger partial charge is 0.357 e. The molecule has 1 atom stereocenters. The van der Waals surface area contributed by atoms with Crippen LogP contribution in [0.25, 0.3) is 11.0 Å². The zero-order chi connectivity index (χ0) is 27.7. The van der Waals surface area contributed by atoms with Gasteiger partial charge in [-0.15, -0.1) is 0 Å². The molecule has 0 unspecified atom stereocenters. The molecule has 38 heavy (non-hydrogen) atoms. The molecule has 0 fully saturated rings. The third-order valence-corrected chi connectivity index (χ3v) is 7.02. The minimum absolute atomic E-state index is 0.0127. The number of rotatable bonds is 6. The fourth-order valence-electron chi connectivity index (χ4n) is 3.92. The zero-order valence-corrected chi connectivity index (χ0v) is 20.6. The van der Waals surface area contributed by atoms with Gasteiger partial charge in [0.25, 0.3) is 11.4 Å². The van der Waals surface area contributed by atoms with E-state index in [2.05, 4.69) is 0 Å². The van der Waals surface area contributed by atoms with E-state index >= 15 is 0 Å². The molecular formula is C24H18N4O9S. The van der Waals surface area contributed by atoms with Crippen LogP contribution in [-0.4, -0.2) is 46.5 Å². The number of thioether (sulfide) groups is 1. The Balaban J connectivity index is 2.03. The van der Waals surface area contributed by atoms with E-state index in [9.17, 15) is 34.6 Å². The maximum Gasteiger partial charge on any atom is 0.357 e. The first-order valence-corrected chi connectivity index (χ1v) is 11.6. The summed E-state index contributed by atoms with van der Waals surface area (Å²) >= 11 is 0.840. The highest BCUT2D eigenvalue weighted by Crippen LogP contribution is 2.40. The van der Waals surface area contributed by atoms with E-state index in [0.29, 0.717) is 11.1 Å². The second-order valence-electron chi connectivity index (χ2n) is 7.85. The highest BCUT2D eigenvalue weighted by Gasteiger charge is 2.38. The lowest BCUT2D eigenvalue weighted by atomic mass is 10.1. The van der Waals surface area contributed by atoms with Gasteiger partial charge in [-0.1, -0.05) is 23.9 Å². The van der Waals surface area contributed by atoms with Gasteiger partial charge in [0, 0.05) is 29.5 Å². The van der Waals surface area contributed by atoms with Gasteiger partial charge in [0.1, 0.15) is 10.2 Å². The number of esters is 2. The third kappa shape index (κ3) is 4.48. The van der Waals surface area contributed by atoms with E-state index in [-0.39, 0.29) is 38.2 Å². The van der Waals surface area contributed by atoms with Crippen molar-refractivity contribution in [2.45, 2.75) is 5.25 Å². The van der Waals surface area contributed by atoms with Gasteiger partial charge < -0.3 is 15.2 Å². The Morgan fingerprint density at radius 2 is 1.47 bits per heavy atom. The summed E-state index contributed by atoms with van der Waals surface area (Å²) < 4.78 is 10.8. The maximum atomic E-state index is 13.8. The molecule has 1 aliphatic rings. The Labute approximate surface area is 217 Å². The summed E-state index contributed by atoms with van der Waals surface area (Å²) in [5.74, 6) is -2.41. The highest BCUT2D eigenvalue weighted by atomic mass is 32.2. The van der Waals surface area contributed by atoms with Crippen molar-refractivity contribution in [3.8, 4) is 0 Å². The van der Waals surface area contributed by atoms with E-state index < -0.39 is 32.9 Å². The minimum Gasteiger partial charge on any atom is -0.465 e. The molecule has 1 aromatic heterocycles. The third-order valence-electron chi connectivity index (χ3n) is 5.71. The van der Waals surface area contributed by atoms with Crippen LogP contribution >= 0.6 is 11.8 Å². The molecule has 2 aromatic carbocycles. The number of nitrogens with zero attached hydrogens (tertiary/aromatic N) is 3. The zero-order valence-electron chi connectivity index (χ0n) is 19.8. The summed E-state index contributed by atoms with van der Waals surface area (Å²) in [6, 6.07) is 10.6. The van der Waals surface area contributed by atoms with Crippen LogP contribution in [-0.2, 0) is 14.3 Å². The Morgan fingerprint density at radius 3 is 1.97 bits per heavy atom. The number of carbonyl (C=O) groups excluding carboxylic acids is 3. The molecule has 2 heterocycles. The number of anilines is 1. The molecule has 194 valence electrons. The average molecular weight is 538 g/mol. The predicted molar refractivity (Wildman–Crippen MR) is 136 cm³/mol. The SMILES string of the molecule is COC(=O)C1=c2/c(=C/c3ccc([N+](=O)[O-])cc3)c(N)c(C(=O)OC)n2C(=O)[C@H](c2ccc([N+](=O)[O-])cc2)S1. The Kier molecular flexibility index (Phi) is 6.99. The molecule has 0 amide bonds. The number of carbonyl (C=O) groups is 3. The van der Waals surface area contributed by atoms with Gasteiger partial charge in [-0.05, 0) is 29.3 Å². The number of nitro groups is 2. The molecule has 1 aliphatic heterocycles. The first kappa shape index (κ1) is 26.1. The van der Waals surface area contributed by atoms with Crippen molar-refractivity contribution in [2.24, 2.45) is 0 Å². The summed E-state index contributed by atoms with van der Waals surface area (Å²) in [5.41, 5.74) is 6.27. The van der Waals surface area contributed by atoms with Gasteiger partial charge in [0.2, 0.25) is 5.91 Å². The summed E-state index contributed by atoms with van der Waals surface area (Å²) in [6.07, 6.45) is 1.47. The van der Waals surface area contributed by atoms with Gasteiger partial charge in [0.05, 0.1) is 35.1 Å². The van der Waals surface area contributed by atoms with E-state index in [4.69, 9.17) is 15.2 Å². The molecule has 14 heteroatoms. The van der Waals surface area contributed by atoms with Gasteiger partial charge in [-0.3, -0.25) is 29.6 Å². The molecule has 0 bridgehead atoms. The number of ether oxygens (including phenoxy) is 2. The second-order valence-corrected chi connectivity index (χ2v) is 8.97. The van der Waals surface area contributed by atoms with Crippen LogP contribution in [0.2, 0.25) is 0 Å². The lowest BCUT2D eigenvalue weighted by Crippen LogP contribution is -2.42. The minimum atomic E-state index is -1.08. The standard InChI is InChI=1S/C24H18N4O9S/c1-36-23(30)19-17(25)16(11-12-3-7-14(8-4-12)27(32)33)18-21(24(31)37-2)38-20(22(29)26(18)19)13-5-9-15(10-6-13)28(34)35/h3-11,20H,25H2,1-2H3/b16-11+/t20-/m0/s1. The van der Waals surface area contributed by atoms with Crippen molar-refractivity contribution < 1.29 is 33.7 Å². The van der Waals surface area contributed by atoms with E-state index in [0.717, 1.165) is 30.5 Å². The van der Waals surface area contributed by atoms with Gasteiger partial charge in [-0.25, -0.2) is 9.59 Å². The van der Waals surface area contributed by atoms with Crippen molar-refractivity contribution in [1.29, 1.82) is 0 Å². The van der Waals surface area contributed by atoms with Gasteiger partial charge >= 0.3 is 11.9 Å². The monoisotopic (exact) mass is 538 g/mol. The summed E-state index contributed by atoms with van der Waals surface area (Å²) in [4.78, 5) is 60.3. The first-order chi connectivity index (χ1) is 18.1. The molecule has 13 nitrogen and oxygen atoms in total. The largest absolute Gasteiger partial charge is 0.465 e. The molecule has 0 radical (unpaired) electrons. The van der Waals surface area contributed by atoms with Crippen LogP contribution < -0.4 is 16.3 Å². The number of fused-ring (bicyclic) bond motifs is 1. The van der Waals surface area contributed by atoms with Crippen LogP contribution in [0.1, 0.15) is 31.7 Å². The maximum absolute atomic E-state index is 13.8. The van der Waals surface area contributed by atoms with Crippen LogP contribution in [0.3, 0.4) is 0 Å². The molecule has 0 saturated carbocycles. The Hall–Kier alpha value is -4.98. The molecule has 0 aliphatic carbocycles. The molecular weight excluding hydrogens is 520 g/mol. The number of nitro benzene ring substituents is 2. The fourth-order valence-corrected chi connectivity index (χ4v) is 5.14. The van der Waals surface area contributed by atoms with Gasteiger partial charge in [-0.2, -0.15) is 0 Å². The lowest BCUT2D eigenvalue weighted by molar-refractivity contribution is -0.385. The molecule has 0 saturated heterocycles. The highest BCUT2D eigenvalue weighted by molar-refractivity contribution is 8.10. The number of hydrogen-bond donors (Lipinski definition) is 1. The Bertz CT molecular complexity index is 1630. The molecule has 4 rings (SSSR count). The number of nitrogen functional groups attached to an aromatic ring is 1. The van der Waals surface area contributed by atoms with Crippen molar-refractivity contribution in [2.75, 3.05) is 20.0 Å². The van der Waals surface area contributed by atoms with Crippen molar-refractivity contribution in [3.63, 3.8) is 0 Å². The van der Waals surface area contributed by atoms with Crippen molar-refractivity contribution >= 4 is 57.7 Å². The first-order valence-electron chi connectivity index (χ1n) is 10.7. The fraction of sp³-hybridized carbons (Fsp3) is 0.125. The van der Waals surface area contributed by atoms with Crippen LogP contribution in [0.15, 0.2) is 48.5 Å². The summed E-state index contributed by atoms with van der Waals surface area (Å²) in [7, 11) is 2.24. The Morgan fingerprint density at radius 1 is 0.947 bits per heavy atom. The molecule has 2 N–H and O–H groups in total. The molecule has 3 aromatic rings. The molecule has 0 spiro atoms. The number of aromatic nitrogens is 1. The summed E-state index contributed by atoms with van der Waals surface area (Å²) in [6.45, 7) is 0. The van der Waals surface area contributed by atoms with E-state index in [1.54, 1.807) is 0 Å². The number of hydrogen-bond acceptors (Lipinski definition) is 11. The normalized spacial score (nSPS) is 15.1. The van der Waals surface area contributed by atoms with Crippen LogP contribution in [0, 0.1) is 20.2 Å². The van der Waals surface area contributed by atoms with Crippen LogP contribution in [0.5, 0.6) is 0 Å². The average Bonchev–Trinajstić information content (AvgIpc) is 3.20. The lowest BCUT2D eigenvalue weighted by Gasteiger charge is -2.23. The van der Waals surface area contributed by atoms with E-state index in [1.807, 2.05) is 0 Å². The predicted octanol–water partition coefficient (Wildman–Crippen LogP) is 1.91. The van der Waals surface area contributed by atoms with Crippen LogP contribution in [0.4, 0.5) is 17.1 Å². The number of nitrogens with two attached hydrogens (primary N) is 1. The number of methoxy groups -OCH3 is 2. The van der Waals surface area contributed by atoms with Gasteiger partial charge in [0.15, 0.2) is 5.69 Å². The number of benzene rings is 2. The number of non-ortho nitro benzene ring substituents is 2. The van der Waals surface area contributed by atoms with Crippen molar-refractivity contribution in [3.05, 3.63) is 96.1 Å². The van der Waals surface area contributed by atoms with E-state index in [1.165, 1.54) is 54.6 Å². The summed E-state index contributed by atoms with van der Waals surface area (Å²) in [5, 5.41) is 21.1. The second kappa shape index (κ2) is 10.2. The van der Waals surface area contributed by atoms with Crippen molar-refractivity contribution in [1.82, 2.24) is 4.57 Å². The quantitative estimate of drug-likeness (QED) is 0.274. The topological polar surface area (TPSA) is 187 Å².